The van der Waals surface area contributed by atoms with Crippen LogP contribution in [-0.2, 0) is 24.2 Å². The molecule has 1 aliphatic heterocycles. The van der Waals surface area contributed by atoms with E-state index in [0.29, 0.717) is 0 Å². The maximum Gasteiger partial charge on any atom is 0.326 e. The first-order valence-corrected chi connectivity index (χ1v) is 8.73. The minimum Gasteiger partial charge on any atom is -0.480 e. The first-order chi connectivity index (χ1) is 9.40. The van der Waals surface area contributed by atoms with Crippen LogP contribution in [0.15, 0.2) is 0 Å². The number of aliphatic carboxylic acids is 1. The summed E-state index contributed by atoms with van der Waals surface area (Å²) in [4.78, 5) is 36.6. The molecule has 1 saturated heterocycles. The van der Waals surface area contributed by atoms with E-state index in [4.69, 9.17) is 0 Å². The van der Waals surface area contributed by atoms with Crippen LogP contribution < -0.4 is 0 Å². The van der Waals surface area contributed by atoms with Crippen LogP contribution in [0.5, 0.6) is 0 Å². The fraction of sp³-hybridized carbons (Fsp3) is 0.769. The number of hydrogen-bond acceptors (Lipinski definition) is 5. The fourth-order valence-electron chi connectivity index (χ4n) is 2.32. The third kappa shape index (κ3) is 3.61. The smallest absolute Gasteiger partial charge is 0.326 e. The van der Waals surface area contributed by atoms with Crippen LogP contribution in [0.1, 0.15) is 33.6 Å². The van der Waals surface area contributed by atoms with E-state index in [1.54, 1.807) is 20.8 Å². The van der Waals surface area contributed by atoms with E-state index in [1.165, 1.54) is 0 Å². The summed E-state index contributed by atoms with van der Waals surface area (Å²) in [5.74, 6) is -2.98. The molecule has 0 aromatic carbocycles. The molecule has 1 rings (SSSR count). The Morgan fingerprint density at radius 1 is 1.38 bits per heavy atom. The Hall–Kier alpha value is -1.44. The maximum atomic E-state index is 12.4. The van der Waals surface area contributed by atoms with Gasteiger partial charge in [-0.1, -0.05) is 13.8 Å². The maximum absolute atomic E-state index is 12.4. The Morgan fingerprint density at radius 2 is 1.90 bits per heavy atom. The van der Waals surface area contributed by atoms with E-state index in [0.717, 1.165) is 11.2 Å². The van der Waals surface area contributed by atoms with Crippen molar-refractivity contribution in [1.82, 2.24) is 4.90 Å². The van der Waals surface area contributed by atoms with Gasteiger partial charge in [-0.25, -0.2) is 13.2 Å². The number of rotatable bonds is 6. The largest absolute Gasteiger partial charge is 0.480 e. The van der Waals surface area contributed by atoms with Gasteiger partial charge in [0.25, 0.3) is 0 Å². The number of imide groups is 1. The van der Waals surface area contributed by atoms with Gasteiger partial charge < -0.3 is 5.11 Å². The average Bonchev–Trinajstić information content (AvgIpc) is 2.52. The normalized spacial score (nSPS) is 24.7. The van der Waals surface area contributed by atoms with Crippen molar-refractivity contribution >= 4 is 27.6 Å². The second-order valence-corrected chi connectivity index (χ2v) is 8.35. The molecule has 0 aliphatic carbocycles. The van der Waals surface area contributed by atoms with E-state index >= 15 is 0 Å². The van der Waals surface area contributed by atoms with Crippen molar-refractivity contribution in [3.05, 3.63) is 0 Å². The molecule has 0 radical (unpaired) electrons. The predicted molar refractivity (Wildman–Crippen MR) is 75.2 cm³/mol. The number of carboxylic acids is 1. The number of carbonyl (C=O) groups is 3. The quantitative estimate of drug-likeness (QED) is 0.705. The summed E-state index contributed by atoms with van der Waals surface area (Å²) >= 11 is 0. The van der Waals surface area contributed by atoms with Crippen molar-refractivity contribution in [1.29, 1.82) is 0 Å². The summed E-state index contributed by atoms with van der Waals surface area (Å²) in [7, 11) is -3.37. The van der Waals surface area contributed by atoms with Crippen LogP contribution in [0.25, 0.3) is 0 Å². The monoisotopic (exact) mass is 319 g/mol. The Labute approximate surface area is 124 Å². The zero-order chi connectivity index (χ0) is 16.6. The highest BCUT2D eigenvalue weighted by Gasteiger charge is 2.53. The van der Waals surface area contributed by atoms with Crippen LogP contribution in [0.4, 0.5) is 0 Å². The lowest BCUT2D eigenvalue weighted by Crippen LogP contribution is -2.47. The fourth-order valence-corrected chi connectivity index (χ4v) is 2.97. The van der Waals surface area contributed by atoms with Gasteiger partial charge in [-0.15, -0.1) is 0 Å². The lowest BCUT2D eigenvalue weighted by atomic mass is 9.78. The summed E-state index contributed by atoms with van der Waals surface area (Å²) < 4.78 is 22.4. The Balaban J connectivity index is 3.07. The van der Waals surface area contributed by atoms with E-state index in [-0.39, 0.29) is 24.5 Å². The topological polar surface area (TPSA) is 109 Å². The lowest BCUT2D eigenvalue weighted by Gasteiger charge is -2.28. The van der Waals surface area contributed by atoms with Crippen molar-refractivity contribution < 1.29 is 27.9 Å². The molecule has 0 spiro atoms. The van der Waals surface area contributed by atoms with Crippen LogP contribution in [0, 0.1) is 11.3 Å². The molecule has 2 amide bonds. The van der Waals surface area contributed by atoms with Crippen molar-refractivity contribution in [3.8, 4) is 0 Å². The van der Waals surface area contributed by atoms with E-state index in [1.807, 2.05) is 0 Å². The standard InChI is InChI=1S/C13H21NO6S/c1-8(2)13(3)7-10(15)14(12(13)18)9(11(16)17)5-6-21(4,19)20/h8-9H,5-7H2,1-4H3,(H,16,17). The van der Waals surface area contributed by atoms with Gasteiger partial charge in [0.05, 0.1) is 11.2 Å². The van der Waals surface area contributed by atoms with Gasteiger partial charge in [0, 0.05) is 12.7 Å². The zero-order valence-corrected chi connectivity index (χ0v) is 13.4. The molecule has 0 bridgehead atoms. The van der Waals surface area contributed by atoms with Crippen molar-refractivity contribution in [3.63, 3.8) is 0 Å². The van der Waals surface area contributed by atoms with Crippen molar-refractivity contribution in [2.24, 2.45) is 11.3 Å². The van der Waals surface area contributed by atoms with Gasteiger partial charge in [-0.2, -0.15) is 0 Å². The third-order valence-electron chi connectivity index (χ3n) is 4.13. The number of amides is 2. The molecular weight excluding hydrogens is 298 g/mol. The molecule has 2 unspecified atom stereocenters. The van der Waals surface area contributed by atoms with Crippen LogP contribution in [-0.4, -0.2) is 54.3 Å². The van der Waals surface area contributed by atoms with Gasteiger partial charge in [-0.05, 0) is 19.3 Å². The van der Waals surface area contributed by atoms with Crippen molar-refractivity contribution in [2.75, 3.05) is 12.0 Å². The molecular formula is C13H21NO6S. The van der Waals surface area contributed by atoms with Gasteiger partial charge in [0.15, 0.2) is 0 Å². The molecule has 1 N–H and O–H groups in total. The summed E-state index contributed by atoms with van der Waals surface area (Å²) in [6.45, 7) is 5.22. The lowest BCUT2D eigenvalue weighted by molar-refractivity contribution is -0.156. The Bertz CT molecular complexity index is 567. The van der Waals surface area contributed by atoms with Gasteiger partial charge in [-0.3, -0.25) is 14.5 Å². The van der Waals surface area contributed by atoms with Crippen molar-refractivity contribution in [2.45, 2.75) is 39.7 Å². The molecule has 0 aromatic heterocycles. The second-order valence-electron chi connectivity index (χ2n) is 6.09. The number of carbonyl (C=O) groups excluding carboxylic acids is 2. The SMILES string of the molecule is CC(C)C1(C)CC(=O)N(C(CCS(C)(=O)=O)C(=O)O)C1=O. The van der Waals surface area contributed by atoms with Crippen LogP contribution >= 0.6 is 0 Å². The Morgan fingerprint density at radius 3 is 2.24 bits per heavy atom. The molecule has 0 saturated carbocycles. The molecule has 21 heavy (non-hydrogen) atoms. The third-order valence-corrected chi connectivity index (χ3v) is 5.10. The molecule has 2 atom stereocenters. The van der Waals surface area contributed by atoms with Gasteiger partial charge in [0.2, 0.25) is 11.8 Å². The highest BCUT2D eigenvalue weighted by Crippen LogP contribution is 2.40. The molecule has 7 nitrogen and oxygen atoms in total. The summed E-state index contributed by atoms with van der Waals surface area (Å²) in [5.41, 5.74) is -0.935. The molecule has 1 aliphatic rings. The summed E-state index contributed by atoms with van der Waals surface area (Å²) in [6.07, 6.45) is 0.643. The zero-order valence-electron chi connectivity index (χ0n) is 12.6. The van der Waals surface area contributed by atoms with Gasteiger partial charge >= 0.3 is 5.97 Å². The van der Waals surface area contributed by atoms with Crippen LogP contribution in [0.3, 0.4) is 0 Å². The highest BCUT2D eigenvalue weighted by atomic mass is 32.2. The molecule has 0 aromatic rings. The van der Waals surface area contributed by atoms with E-state index < -0.39 is 39.1 Å². The van der Waals surface area contributed by atoms with E-state index in [2.05, 4.69) is 0 Å². The number of carboxylic acid groups (broad SMARTS) is 1. The minimum absolute atomic E-state index is 0.0494. The molecule has 120 valence electrons. The molecule has 1 fully saturated rings. The number of likely N-dealkylation sites (tertiary alicyclic amines) is 1. The highest BCUT2D eigenvalue weighted by molar-refractivity contribution is 7.90. The second kappa shape index (κ2) is 5.75. The van der Waals surface area contributed by atoms with Crippen LogP contribution in [0.2, 0.25) is 0 Å². The first-order valence-electron chi connectivity index (χ1n) is 6.67. The summed E-state index contributed by atoms with van der Waals surface area (Å²) in [5, 5.41) is 9.23. The number of nitrogens with zero attached hydrogens (tertiary/aromatic N) is 1. The predicted octanol–water partition coefficient (Wildman–Crippen LogP) is 0.296. The minimum atomic E-state index is -3.37. The van der Waals surface area contributed by atoms with Gasteiger partial charge in [0.1, 0.15) is 15.9 Å². The van der Waals surface area contributed by atoms with E-state index in [9.17, 15) is 27.9 Å². The molecule has 8 heteroatoms. The number of sulfone groups is 1. The summed E-state index contributed by atoms with van der Waals surface area (Å²) in [6, 6.07) is -1.43. The Kier molecular flexibility index (Phi) is 4.82. The number of hydrogen-bond donors (Lipinski definition) is 1. The average molecular weight is 319 g/mol. The molecule has 1 heterocycles. The first kappa shape index (κ1) is 17.6.